The molecule has 0 spiro atoms. The topological polar surface area (TPSA) is 52.6 Å². The van der Waals surface area contributed by atoms with Crippen LogP contribution in [0.2, 0.25) is 0 Å². The van der Waals surface area contributed by atoms with E-state index in [1.54, 1.807) is 6.92 Å². The normalized spacial score (nSPS) is 21.9. The molecule has 0 amide bonds. The van der Waals surface area contributed by atoms with E-state index in [2.05, 4.69) is 25.7 Å². The Balaban J connectivity index is 3.01. The minimum atomic E-state index is -0.440. The van der Waals surface area contributed by atoms with Crippen LogP contribution in [0, 0.1) is 23.2 Å². The highest BCUT2D eigenvalue weighted by molar-refractivity contribution is 5.67. The predicted octanol–water partition coefficient (Wildman–Crippen LogP) is 3.21. The summed E-state index contributed by atoms with van der Waals surface area (Å²) in [7, 11) is 0. The standard InChI is InChI=1S/C17H24O4/c1-11(20-13(3)18)7-8-15-12(2)16(21-14(4)19)9-10-17(15,5)6/h11,15H,9-10H2,1-6H3. The smallest absolute Gasteiger partial charge is 0.307 e. The maximum absolute atomic E-state index is 11.2. The Kier molecular flexibility index (Phi) is 5.60. The van der Waals surface area contributed by atoms with Gasteiger partial charge in [-0.3, -0.25) is 9.59 Å². The largest absolute Gasteiger partial charge is 0.450 e. The quantitative estimate of drug-likeness (QED) is 0.579. The number of hydrogen-bond donors (Lipinski definition) is 0. The summed E-state index contributed by atoms with van der Waals surface area (Å²) in [4.78, 5) is 22.1. The molecule has 21 heavy (non-hydrogen) atoms. The van der Waals surface area contributed by atoms with Gasteiger partial charge in [0.15, 0.2) is 6.10 Å². The number of ether oxygens (including phenoxy) is 2. The first kappa shape index (κ1) is 17.3. The lowest BCUT2D eigenvalue weighted by atomic mass is 9.68. The summed E-state index contributed by atoms with van der Waals surface area (Å²) < 4.78 is 10.3. The molecule has 0 fully saturated rings. The molecule has 0 aromatic heterocycles. The molecule has 4 heteroatoms. The van der Waals surface area contributed by atoms with Gasteiger partial charge < -0.3 is 9.47 Å². The van der Waals surface area contributed by atoms with Crippen molar-refractivity contribution in [3.05, 3.63) is 11.3 Å². The minimum Gasteiger partial charge on any atom is -0.450 e. The van der Waals surface area contributed by atoms with Crippen molar-refractivity contribution in [1.29, 1.82) is 0 Å². The summed E-state index contributed by atoms with van der Waals surface area (Å²) in [6.45, 7) is 10.8. The molecule has 0 bridgehead atoms. The van der Waals surface area contributed by atoms with E-state index in [1.165, 1.54) is 13.8 Å². The minimum absolute atomic E-state index is 0.00330. The van der Waals surface area contributed by atoms with Gasteiger partial charge in [0.05, 0.1) is 0 Å². The van der Waals surface area contributed by atoms with E-state index in [0.717, 1.165) is 24.2 Å². The lowest BCUT2D eigenvalue weighted by molar-refractivity contribution is -0.143. The Bertz CT molecular complexity index is 517. The molecule has 0 N–H and O–H groups in total. The second-order valence-corrected chi connectivity index (χ2v) is 6.16. The number of allylic oxidation sites excluding steroid dienone is 2. The molecule has 4 nitrogen and oxygen atoms in total. The lowest BCUT2D eigenvalue weighted by Crippen LogP contribution is -2.29. The Labute approximate surface area is 126 Å². The van der Waals surface area contributed by atoms with E-state index < -0.39 is 6.10 Å². The van der Waals surface area contributed by atoms with Crippen LogP contribution in [0.15, 0.2) is 11.3 Å². The Hall–Kier alpha value is -1.76. The van der Waals surface area contributed by atoms with Crippen LogP contribution in [0.4, 0.5) is 0 Å². The van der Waals surface area contributed by atoms with Crippen LogP contribution in [-0.2, 0) is 19.1 Å². The molecule has 2 atom stereocenters. The van der Waals surface area contributed by atoms with Gasteiger partial charge in [-0.05, 0) is 31.3 Å². The fourth-order valence-electron chi connectivity index (χ4n) is 2.61. The first-order valence-corrected chi connectivity index (χ1v) is 7.20. The molecule has 1 rings (SSSR count). The molecular formula is C17H24O4. The zero-order chi connectivity index (χ0) is 16.2. The zero-order valence-corrected chi connectivity index (χ0v) is 13.7. The molecule has 1 aliphatic carbocycles. The molecule has 0 saturated carbocycles. The summed E-state index contributed by atoms with van der Waals surface area (Å²) in [6.07, 6.45) is 1.20. The Morgan fingerprint density at radius 1 is 1.29 bits per heavy atom. The van der Waals surface area contributed by atoms with Crippen molar-refractivity contribution < 1.29 is 19.1 Å². The zero-order valence-electron chi connectivity index (χ0n) is 13.7. The van der Waals surface area contributed by atoms with Crippen LogP contribution in [0.25, 0.3) is 0 Å². The maximum Gasteiger partial charge on any atom is 0.307 e. The summed E-state index contributed by atoms with van der Waals surface area (Å²) in [6, 6.07) is 0. The number of hydrogen-bond acceptors (Lipinski definition) is 4. The molecule has 0 heterocycles. The highest BCUT2D eigenvalue weighted by atomic mass is 16.5. The first-order valence-electron chi connectivity index (χ1n) is 7.20. The van der Waals surface area contributed by atoms with Gasteiger partial charge in [-0.15, -0.1) is 0 Å². The molecule has 0 radical (unpaired) electrons. The van der Waals surface area contributed by atoms with Gasteiger partial charge in [-0.1, -0.05) is 25.7 Å². The predicted molar refractivity (Wildman–Crippen MR) is 80.0 cm³/mol. The van der Waals surface area contributed by atoms with Gasteiger partial charge in [0.2, 0.25) is 0 Å². The van der Waals surface area contributed by atoms with E-state index in [0.29, 0.717) is 0 Å². The van der Waals surface area contributed by atoms with Crippen LogP contribution in [0.5, 0.6) is 0 Å². The van der Waals surface area contributed by atoms with Gasteiger partial charge in [0.1, 0.15) is 5.76 Å². The number of esters is 2. The van der Waals surface area contributed by atoms with Crippen molar-refractivity contribution in [2.45, 2.75) is 60.5 Å². The van der Waals surface area contributed by atoms with Gasteiger partial charge >= 0.3 is 11.9 Å². The van der Waals surface area contributed by atoms with Crippen LogP contribution >= 0.6 is 0 Å². The fourth-order valence-corrected chi connectivity index (χ4v) is 2.61. The van der Waals surface area contributed by atoms with E-state index in [-0.39, 0.29) is 23.3 Å². The Morgan fingerprint density at radius 3 is 2.43 bits per heavy atom. The monoisotopic (exact) mass is 292 g/mol. The van der Waals surface area contributed by atoms with Crippen LogP contribution in [0.1, 0.15) is 54.4 Å². The summed E-state index contributed by atoms with van der Waals surface area (Å²) in [5.41, 5.74) is 0.986. The number of rotatable bonds is 2. The molecule has 1 aliphatic rings. The summed E-state index contributed by atoms with van der Waals surface area (Å²) in [5, 5.41) is 0. The second-order valence-electron chi connectivity index (χ2n) is 6.16. The maximum atomic E-state index is 11.2. The molecular weight excluding hydrogens is 268 g/mol. The van der Waals surface area contributed by atoms with Gasteiger partial charge in [0.25, 0.3) is 0 Å². The summed E-state index contributed by atoms with van der Waals surface area (Å²) in [5.74, 6) is 6.24. The van der Waals surface area contributed by atoms with E-state index >= 15 is 0 Å². The fraction of sp³-hybridized carbons (Fsp3) is 0.647. The van der Waals surface area contributed by atoms with Gasteiger partial charge in [-0.25, -0.2) is 0 Å². The molecule has 0 aliphatic heterocycles. The molecule has 116 valence electrons. The third-order valence-corrected chi connectivity index (χ3v) is 3.69. The van der Waals surface area contributed by atoms with E-state index in [1.807, 2.05) is 6.92 Å². The van der Waals surface area contributed by atoms with E-state index in [9.17, 15) is 9.59 Å². The van der Waals surface area contributed by atoms with Crippen LogP contribution in [-0.4, -0.2) is 18.0 Å². The van der Waals surface area contributed by atoms with Gasteiger partial charge in [0, 0.05) is 26.2 Å². The van der Waals surface area contributed by atoms with Gasteiger partial charge in [-0.2, -0.15) is 0 Å². The first-order chi connectivity index (χ1) is 9.63. The van der Waals surface area contributed by atoms with Crippen LogP contribution < -0.4 is 0 Å². The number of carbonyl (C=O) groups excluding carboxylic acids is 2. The average Bonchev–Trinajstić information content (AvgIpc) is 2.31. The van der Waals surface area contributed by atoms with Crippen LogP contribution in [0.3, 0.4) is 0 Å². The molecule has 0 aromatic carbocycles. The van der Waals surface area contributed by atoms with Crippen molar-refractivity contribution in [3.63, 3.8) is 0 Å². The highest BCUT2D eigenvalue weighted by Gasteiger charge is 2.36. The second kappa shape index (κ2) is 6.80. The third kappa shape index (κ3) is 4.93. The molecule has 2 unspecified atom stereocenters. The lowest BCUT2D eigenvalue weighted by Gasteiger charge is -2.37. The molecule has 0 aromatic rings. The van der Waals surface area contributed by atoms with Crippen molar-refractivity contribution in [2.24, 2.45) is 11.3 Å². The number of carbonyl (C=O) groups is 2. The van der Waals surface area contributed by atoms with Crippen molar-refractivity contribution >= 4 is 11.9 Å². The average molecular weight is 292 g/mol. The van der Waals surface area contributed by atoms with Crippen molar-refractivity contribution in [2.75, 3.05) is 0 Å². The highest BCUT2D eigenvalue weighted by Crippen LogP contribution is 2.43. The van der Waals surface area contributed by atoms with E-state index in [4.69, 9.17) is 9.47 Å². The SMILES string of the molecule is CC(=O)OC1=C(C)C(C#CC(C)OC(C)=O)C(C)(C)CC1. The Morgan fingerprint density at radius 2 is 1.90 bits per heavy atom. The van der Waals surface area contributed by atoms with Crippen molar-refractivity contribution in [3.8, 4) is 11.8 Å². The van der Waals surface area contributed by atoms with Crippen molar-refractivity contribution in [1.82, 2.24) is 0 Å². The third-order valence-electron chi connectivity index (χ3n) is 3.69. The molecule has 0 saturated heterocycles. The summed E-state index contributed by atoms with van der Waals surface area (Å²) >= 11 is 0.